The summed E-state index contributed by atoms with van der Waals surface area (Å²) in [6, 6.07) is 9.05. The molecule has 1 aliphatic rings. The minimum atomic E-state index is -0.428. The number of nitrogens with one attached hydrogen (secondary N) is 1. The van der Waals surface area contributed by atoms with Gasteiger partial charge in [0.25, 0.3) is 0 Å². The standard InChI is InChI=1S/C10H8N2O2/c11-5-7-3-1-2-4-8(7)9-6-14-10(13)12-9/h1-4,9H,6H2,(H,12,13)/t9-/m0/s1. The summed E-state index contributed by atoms with van der Waals surface area (Å²) >= 11 is 0. The molecule has 1 aromatic carbocycles. The predicted molar refractivity (Wildman–Crippen MR) is 48.4 cm³/mol. The van der Waals surface area contributed by atoms with Crippen LogP contribution in [0.5, 0.6) is 0 Å². The Morgan fingerprint density at radius 1 is 1.50 bits per heavy atom. The maximum atomic E-state index is 10.8. The monoisotopic (exact) mass is 188 g/mol. The molecule has 2 rings (SSSR count). The van der Waals surface area contributed by atoms with Gasteiger partial charge < -0.3 is 10.1 Å². The molecule has 1 saturated heterocycles. The van der Waals surface area contributed by atoms with Gasteiger partial charge in [-0.25, -0.2) is 4.79 Å². The zero-order valence-corrected chi connectivity index (χ0v) is 7.36. The number of benzene rings is 1. The number of amides is 1. The van der Waals surface area contributed by atoms with Crippen LogP contribution in [0.15, 0.2) is 24.3 Å². The van der Waals surface area contributed by atoms with Gasteiger partial charge in [0.1, 0.15) is 6.61 Å². The Morgan fingerprint density at radius 2 is 2.29 bits per heavy atom. The summed E-state index contributed by atoms with van der Waals surface area (Å²) in [5, 5.41) is 11.5. The molecule has 1 amide bonds. The summed E-state index contributed by atoms with van der Waals surface area (Å²) in [4.78, 5) is 10.8. The van der Waals surface area contributed by atoms with Crippen molar-refractivity contribution >= 4 is 6.09 Å². The largest absolute Gasteiger partial charge is 0.447 e. The molecular formula is C10H8N2O2. The lowest BCUT2D eigenvalue weighted by Crippen LogP contribution is -2.19. The normalized spacial score (nSPS) is 19.6. The lowest BCUT2D eigenvalue weighted by molar-refractivity contribution is 0.177. The van der Waals surface area contributed by atoms with E-state index in [0.29, 0.717) is 5.56 Å². The Morgan fingerprint density at radius 3 is 2.93 bits per heavy atom. The first-order chi connectivity index (χ1) is 6.81. The molecule has 0 aromatic heterocycles. The Balaban J connectivity index is 2.33. The van der Waals surface area contributed by atoms with E-state index in [1.807, 2.05) is 12.1 Å². The van der Waals surface area contributed by atoms with E-state index in [2.05, 4.69) is 11.4 Å². The second-order valence-corrected chi connectivity index (χ2v) is 2.99. The number of carbonyl (C=O) groups is 1. The van der Waals surface area contributed by atoms with E-state index in [-0.39, 0.29) is 12.6 Å². The molecule has 4 nitrogen and oxygen atoms in total. The van der Waals surface area contributed by atoms with Crippen molar-refractivity contribution in [3.8, 4) is 6.07 Å². The van der Waals surface area contributed by atoms with Crippen LogP contribution in [-0.2, 0) is 4.74 Å². The molecule has 70 valence electrons. The van der Waals surface area contributed by atoms with Crippen LogP contribution < -0.4 is 5.32 Å². The maximum Gasteiger partial charge on any atom is 0.407 e. The third-order valence-electron chi connectivity index (χ3n) is 2.13. The summed E-state index contributed by atoms with van der Waals surface area (Å²) < 4.78 is 4.76. The van der Waals surface area contributed by atoms with Crippen LogP contribution in [0, 0.1) is 11.3 Å². The van der Waals surface area contributed by atoms with Crippen molar-refractivity contribution < 1.29 is 9.53 Å². The fourth-order valence-electron chi connectivity index (χ4n) is 1.45. The maximum absolute atomic E-state index is 10.8. The lowest BCUT2D eigenvalue weighted by atomic mass is 10.0. The molecule has 4 heteroatoms. The van der Waals surface area contributed by atoms with Gasteiger partial charge >= 0.3 is 6.09 Å². The third kappa shape index (κ3) is 1.40. The number of cyclic esters (lactones) is 1. The molecule has 1 N–H and O–H groups in total. The first-order valence-electron chi connectivity index (χ1n) is 4.23. The topological polar surface area (TPSA) is 62.1 Å². The highest BCUT2D eigenvalue weighted by molar-refractivity contribution is 5.70. The van der Waals surface area contributed by atoms with Crippen LogP contribution in [0.1, 0.15) is 17.2 Å². The summed E-state index contributed by atoms with van der Waals surface area (Å²) in [5.74, 6) is 0. The minimum absolute atomic E-state index is 0.196. The summed E-state index contributed by atoms with van der Waals surface area (Å²) in [6.07, 6.45) is -0.428. The number of rotatable bonds is 1. The fourth-order valence-corrected chi connectivity index (χ4v) is 1.45. The number of carbonyl (C=O) groups excluding carboxylic acids is 1. The van der Waals surface area contributed by atoms with Gasteiger partial charge in [0.2, 0.25) is 0 Å². The van der Waals surface area contributed by atoms with E-state index >= 15 is 0 Å². The van der Waals surface area contributed by atoms with Gasteiger partial charge in [-0.05, 0) is 11.6 Å². The van der Waals surface area contributed by atoms with Crippen molar-refractivity contribution in [3.05, 3.63) is 35.4 Å². The van der Waals surface area contributed by atoms with E-state index in [4.69, 9.17) is 10.00 Å². The quantitative estimate of drug-likeness (QED) is 0.723. The van der Waals surface area contributed by atoms with E-state index < -0.39 is 6.09 Å². The van der Waals surface area contributed by atoms with Gasteiger partial charge in [0.05, 0.1) is 17.7 Å². The average molecular weight is 188 g/mol. The highest BCUT2D eigenvalue weighted by atomic mass is 16.6. The molecule has 1 aromatic rings. The summed E-state index contributed by atoms with van der Waals surface area (Å²) in [6.45, 7) is 0.289. The lowest BCUT2D eigenvalue weighted by Gasteiger charge is -2.08. The smallest absolute Gasteiger partial charge is 0.407 e. The van der Waals surface area contributed by atoms with Gasteiger partial charge in [-0.2, -0.15) is 5.26 Å². The van der Waals surface area contributed by atoms with Crippen LogP contribution in [0.25, 0.3) is 0 Å². The highest BCUT2D eigenvalue weighted by Crippen LogP contribution is 2.21. The van der Waals surface area contributed by atoms with Crippen molar-refractivity contribution in [2.24, 2.45) is 0 Å². The molecule has 0 bridgehead atoms. The van der Waals surface area contributed by atoms with Crippen LogP contribution in [0.3, 0.4) is 0 Å². The molecule has 0 radical (unpaired) electrons. The number of alkyl carbamates (subject to hydrolysis) is 1. The number of ether oxygens (including phenoxy) is 1. The van der Waals surface area contributed by atoms with E-state index in [9.17, 15) is 4.79 Å². The molecule has 0 saturated carbocycles. The van der Waals surface area contributed by atoms with Crippen LogP contribution >= 0.6 is 0 Å². The molecule has 0 aliphatic carbocycles. The molecule has 1 fully saturated rings. The van der Waals surface area contributed by atoms with Crippen molar-refractivity contribution in [1.29, 1.82) is 5.26 Å². The molecular weight excluding hydrogens is 180 g/mol. The van der Waals surface area contributed by atoms with Crippen molar-refractivity contribution in [2.75, 3.05) is 6.61 Å². The van der Waals surface area contributed by atoms with E-state index in [1.54, 1.807) is 12.1 Å². The summed E-state index contributed by atoms with van der Waals surface area (Å²) in [7, 11) is 0. The molecule has 1 aliphatic heterocycles. The Labute approximate surface area is 81.1 Å². The van der Waals surface area contributed by atoms with Gasteiger partial charge in [-0.15, -0.1) is 0 Å². The van der Waals surface area contributed by atoms with Gasteiger partial charge in [-0.1, -0.05) is 18.2 Å². The number of nitriles is 1. The Bertz CT molecular complexity index is 409. The van der Waals surface area contributed by atoms with Crippen molar-refractivity contribution in [3.63, 3.8) is 0 Å². The number of nitrogens with zero attached hydrogens (tertiary/aromatic N) is 1. The van der Waals surface area contributed by atoms with Crippen LogP contribution in [-0.4, -0.2) is 12.7 Å². The SMILES string of the molecule is N#Cc1ccccc1[C@@H]1COC(=O)N1. The highest BCUT2D eigenvalue weighted by Gasteiger charge is 2.25. The molecule has 1 heterocycles. The third-order valence-corrected chi connectivity index (χ3v) is 2.13. The second kappa shape index (κ2) is 3.38. The Hall–Kier alpha value is -2.02. The first kappa shape index (κ1) is 8.57. The van der Waals surface area contributed by atoms with Gasteiger partial charge in [0, 0.05) is 0 Å². The molecule has 0 unspecified atom stereocenters. The summed E-state index contributed by atoms with van der Waals surface area (Å²) in [5.41, 5.74) is 1.38. The fraction of sp³-hybridized carbons (Fsp3) is 0.200. The van der Waals surface area contributed by atoms with Gasteiger partial charge in [-0.3, -0.25) is 0 Å². The average Bonchev–Trinajstić information content (AvgIpc) is 2.65. The second-order valence-electron chi connectivity index (χ2n) is 2.99. The van der Waals surface area contributed by atoms with E-state index in [1.165, 1.54) is 0 Å². The van der Waals surface area contributed by atoms with Crippen molar-refractivity contribution in [1.82, 2.24) is 5.32 Å². The number of hydrogen-bond donors (Lipinski definition) is 1. The molecule has 1 atom stereocenters. The first-order valence-corrected chi connectivity index (χ1v) is 4.23. The predicted octanol–water partition coefficient (Wildman–Crippen LogP) is 1.34. The zero-order chi connectivity index (χ0) is 9.97. The van der Waals surface area contributed by atoms with Crippen LogP contribution in [0.2, 0.25) is 0 Å². The minimum Gasteiger partial charge on any atom is -0.447 e. The molecule has 14 heavy (non-hydrogen) atoms. The zero-order valence-electron chi connectivity index (χ0n) is 7.36. The van der Waals surface area contributed by atoms with Crippen LogP contribution in [0.4, 0.5) is 4.79 Å². The van der Waals surface area contributed by atoms with Gasteiger partial charge in [0.15, 0.2) is 0 Å². The number of hydrogen-bond acceptors (Lipinski definition) is 3. The Kier molecular flexibility index (Phi) is 2.07. The van der Waals surface area contributed by atoms with E-state index in [0.717, 1.165) is 5.56 Å². The van der Waals surface area contributed by atoms with Crippen molar-refractivity contribution in [2.45, 2.75) is 6.04 Å². The molecule has 0 spiro atoms.